The van der Waals surface area contributed by atoms with Gasteiger partial charge in [-0.3, -0.25) is 14.2 Å². The first-order valence-corrected chi connectivity index (χ1v) is 11.3. The van der Waals surface area contributed by atoms with E-state index in [9.17, 15) is 4.79 Å². The van der Waals surface area contributed by atoms with Crippen molar-refractivity contribution in [3.63, 3.8) is 0 Å². The van der Waals surface area contributed by atoms with Crippen LogP contribution in [0.5, 0.6) is 5.75 Å². The van der Waals surface area contributed by atoms with Gasteiger partial charge in [-0.25, -0.2) is 4.98 Å². The summed E-state index contributed by atoms with van der Waals surface area (Å²) in [4.78, 5) is 16.7. The second-order valence-electron chi connectivity index (χ2n) is 8.72. The molecule has 9 heteroatoms. The van der Waals surface area contributed by atoms with Gasteiger partial charge in [-0.15, -0.1) is 0 Å². The van der Waals surface area contributed by atoms with Gasteiger partial charge in [0.25, 0.3) is 0 Å². The van der Waals surface area contributed by atoms with Gasteiger partial charge < -0.3 is 14.8 Å². The average molecular weight is 461 g/mol. The van der Waals surface area contributed by atoms with E-state index in [1.807, 2.05) is 48.4 Å². The number of methoxy groups -OCH3 is 2. The number of nitrogens with one attached hydrogen (secondary N) is 1. The quantitative estimate of drug-likeness (QED) is 0.426. The number of aryl methyl sites for hydroxylation is 1. The molecule has 1 atom stereocenters. The molecule has 5 rings (SSSR count). The zero-order valence-electron chi connectivity index (χ0n) is 19.8. The Morgan fingerprint density at radius 1 is 1.24 bits per heavy atom. The van der Waals surface area contributed by atoms with Crippen molar-refractivity contribution in [2.45, 2.75) is 25.8 Å². The molecule has 1 aliphatic carbocycles. The third-order valence-electron chi connectivity index (χ3n) is 6.18. The molecule has 0 saturated heterocycles. The minimum absolute atomic E-state index is 0.0246. The van der Waals surface area contributed by atoms with Crippen molar-refractivity contribution < 1.29 is 14.3 Å². The molecule has 0 spiro atoms. The first-order chi connectivity index (χ1) is 16.5. The highest BCUT2D eigenvalue weighted by molar-refractivity contribution is 6.00. The molecular formula is C25H28N6O3. The SMILES string of the molecule is COC[C@@H](C)n1cc(-c2cccc(-c3nn(C)c4cnc(NC(=O)C5CC5)cc34)c2OC)cn1. The molecule has 34 heavy (non-hydrogen) atoms. The van der Waals surface area contributed by atoms with Crippen molar-refractivity contribution in [3.05, 3.63) is 42.9 Å². The smallest absolute Gasteiger partial charge is 0.228 e. The zero-order valence-corrected chi connectivity index (χ0v) is 19.8. The van der Waals surface area contributed by atoms with Crippen LogP contribution in [0.2, 0.25) is 0 Å². The number of ether oxygens (including phenoxy) is 2. The molecule has 4 aromatic rings. The van der Waals surface area contributed by atoms with E-state index in [0.29, 0.717) is 18.2 Å². The second kappa shape index (κ2) is 8.90. The molecule has 3 heterocycles. The molecule has 0 radical (unpaired) electrons. The number of amides is 1. The maximum atomic E-state index is 12.3. The molecule has 0 bridgehead atoms. The van der Waals surface area contributed by atoms with Gasteiger partial charge in [0, 0.05) is 48.3 Å². The van der Waals surface area contributed by atoms with E-state index in [4.69, 9.17) is 14.6 Å². The van der Waals surface area contributed by atoms with E-state index >= 15 is 0 Å². The summed E-state index contributed by atoms with van der Waals surface area (Å²) in [5.41, 5.74) is 4.36. The van der Waals surface area contributed by atoms with Gasteiger partial charge in [0.15, 0.2) is 0 Å². The fourth-order valence-corrected chi connectivity index (χ4v) is 4.20. The van der Waals surface area contributed by atoms with E-state index in [1.54, 1.807) is 25.1 Å². The zero-order chi connectivity index (χ0) is 23.8. The predicted octanol–water partition coefficient (Wildman–Crippen LogP) is 4.06. The van der Waals surface area contributed by atoms with Crippen molar-refractivity contribution in [1.29, 1.82) is 0 Å². The molecule has 176 valence electrons. The highest BCUT2D eigenvalue weighted by Crippen LogP contribution is 2.41. The standard InChI is InChI=1S/C25H28N6O3/c1-15(14-33-3)31-13-17(11-27-31)18-6-5-7-19(24(18)34-4)23-20-10-22(28-25(32)16-8-9-16)26-12-21(20)30(2)29-23/h5-7,10-13,15-16H,8-9,14H2,1-4H3,(H,26,28,32)/t15-/m1/s1. The minimum atomic E-state index is 0.0246. The fraction of sp³-hybridized carbons (Fsp3) is 0.360. The third kappa shape index (κ3) is 4.03. The molecule has 3 aromatic heterocycles. The van der Waals surface area contributed by atoms with Gasteiger partial charge in [0.1, 0.15) is 17.3 Å². The largest absolute Gasteiger partial charge is 0.495 e. The number of fused-ring (bicyclic) bond motifs is 1. The van der Waals surface area contributed by atoms with E-state index in [2.05, 4.69) is 22.3 Å². The second-order valence-corrected chi connectivity index (χ2v) is 8.72. The van der Waals surface area contributed by atoms with Crippen LogP contribution in [-0.4, -0.2) is 51.3 Å². The molecule has 1 aliphatic rings. The maximum absolute atomic E-state index is 12.3. The molecule has 1 N–H and O–H groups in total. The van der Waals surface area contributed by atoms with E-state index in [0.717, 1.165) is 46.1 Å². The van der Waals surface area contributed by atoms with Crippen LogP contribution >= 0.6 is 0 Å². The van der Waals surface area contributed by atoms with Crippen molar-refractivity contribution in [2.75, 3.05) is 26.1 Å². The van der Waals surface area contributed by atoms with E-state index < -0.39 is 0 Å². The summed E-state index contributed by atoms with van der Waals surface area (Å²) < 4.78 is 14.8. The van der Waals surface area contributed by atoms with Gasteiger partial charge in [0.2, 0.25) is 5.91 Å². The van der Waals surface area contributed by atoms with Crippen LogP contribution in [0, 0.1) is 5.92 Å². The Bertz CT molecular complexity index is 1350. The Morgan fingerprint density at radius 2 is 2.03 bits per heavy atom. The molecule has 1 saturated carbocycles. The van der Waals surface area contributed by atoms with Gasteiger partial charge in [0.05, 0.1) is 37.7 Å². The highest BCUT2D eigenvalue weighted by atomic mass is 16.5. The number of nitrogens with zero attached hydrogens (tertiary/aromatic N) is 5. The Morgan fingerprint density at radius 3 is 2.76 bits per heavy atom. The number of hydrogen-bond donors (Lipinski definition) is 1. The lowest BCUT2D eigenvalue weighted by molar-refractivity contribution is -0.117. The Hall–Kier alpha value is -3.72. The number of carbonyl (C=O) groups is 1. The number of aromatic nitrogens is 5. The first-order valence-electron chi connectivity index (χ1n) is 11.3. The summed E-state index contributed by atoms with van der Waals surface area (Å²) in [7, 11) is 5.23. The van der Waals surface area contributed by atoms with Gasteiger partial charge in [-0.05, 0) is 31.9 Å². The van der Waals surface area contributed by atoms with Crippen molar-refractivity contribution in [3.8, 4) is 28.1 Å². The van der Waals surface area contributed by atoms with Gasteiger partial charge in [-0.1, -0.05) is 12.1 Å². The molecule has 1 fully saturated rings. The molecule has 9 nitrogen and oxygen atoms in total. The Labute approximate surface area is 197 Å². The van der Waals surface area contributed by atoms with Crippen molar-refractivity contribution >= 4 is 22.6 Å². The number of para-hydroxylation sites is 1. The first kappa shape index (κ1) is 22.1. The lowest BCUT2D eigenvalue weighted by atomic mass is 10.0. The normalized spacial score (nSPS) is 14.4. The number of pyridine rings is 1. The van der Waals surface area contributed by atoms with E-state index in [-0.39, 0.29) is 17.9 Å². The van der Waals surface area contributed by atoms with Gasteiger partial charge >= 0.3 is 0 Å². The summed E-state index contributed by atoms with van der Waals surface area (Å²) in [6.07, 6.45) is 7.46. The van der Waals surface area contributed by atoms with Gasteiger partial charge in [-0.2, -0.15) is 10.2 Å². The lowest BCUT2D eigenvalue weighted by Gasteiger charge is -2.12. The number of anilines is 1. The van der Waals surface area contributed by atoms with Crippen LogP contribution in [0.4, 0.5) is 5.82 Å². The molecule has 0 aliphatic heterocycles. The summed E-state index contributed by atoms with van der Waals surface area (Å²) in [5.74, 6) is 1.37. The number of hydrogen-bond acceptors (Lipinski definition) is 6. The van der Waals surface area contributed by atoms with Crippen LogP contribution in [-0.2, 0) is 16.6 Å². The lowest BCUT2D eigenvalue weighted by Crippen LogP contribution is -2.14. The van der Waals surface area contributed by atoms with Crippen molar-refractivity contribution in [1.82, 2.24) is 24.5 Å². The molecule has 0 unspecified atom stereocenters. The van der Waals surface area contributed by atoms with Crippen molar-refractivity contribution in [2.24, 2.45) is 13.0 Å². The fourth-order valence-electron chi connectivity index (χ4n) is 4.20. The van der Waals surface area contributed by atoms with Crippen LogP contribution in [0.15, 0.2) is 42.9 Å². The van der Waals surface area contributed by atoms with Crippen LogP contribution in [0.3, 0.4) is 0 Å². The summed E-state index contributed by atoms with van der Waals surface area (Å²) >= 11 is 0. The summed E-state index contributed by atoms with van der Waals surface area (Å²) in [6, 6.07) is 7.99. The minimum Gasteiger partial charge on any atom is -0.495 e. The predicted molar refractivity (Wildman–Crippen MR) is 130 cm³/mol. The Balaban J connectivity index is 1.57. The highest BCUT2D eigenvalue weighted by Gasteiger charge is 2.30. The molecular weight excluding hydrogens is 432 g/mol. The number of carbonyl (C=O) groups excluding carboxylic acids is 1. The van der Waals surface area contributed by atoms with Crippen LogP contribution in [0.25, 0.3) is 33.3 Å². The number of rotatable bonds is 8. The summed E-state index contributed by atoms with van der Waals surface area (Å²) in [6.45, 7) is 2.63. The van der Waals surface area contributed by atoms with Crippen LogP contribution in [0.1, 0.15) is 25.8 Å². The molecule has 1 amide bonds. The van der Waals surface area contributed by atoms with E-state index in [1.165, 1.54) is 0 Å². The maximum Gasteiger partial charge on any atom is 0.228 e. The third-order valence-corrected chi connectivity index (χ3v) is 6.18. The average Bonchev–Trinajstić information content (AvgIpc) is 3.49. The van der Waals surface area contributed by atoms with Crippen LogP contribution < -0.4 is 10.1 Å². The Kier molecular flexibility index (Phi) is 5.79. The summed E-state index contributed by atoms with van der Waals surface area (Å²) in [5, 5.41) is 13.1. The number of benzene rings is 1. The monoisotopic (exact) mass is 460 g/mol. The molecule has 1 aromatic carbocycles. The topological polar surface area (TPSA) is 96.1 Å².